The molecule has 0 aliphatic carbocycles. The number of carbonyl (C=O) groups is 1. The van der Waals surface area contributed by atoms with E-state index in [0.717, 1.165) is 39.5 Å². The van der Waals surface area contributed by atoms with Crippen molar-refractivity contribution in [3.05, 3.63) is 83.6 Å². The minimum atomic E-state index is -0.155. The van der Waals surface area contributed by atoms with E-state index in [1.807, 2.05) is 43.3 Å². The van der Waals surface area contributed by atoms with Crippen molar-refractivity contribution in [2.24, 2.45) is 0 Å². The summed E-state index contributed by atoms with van der Waals surface area (Å²) in [4.78, 5) is 12.7. The highest BCUT2D eigenvalue weighted by atomic mass is 16.5. The Balaban J connectivity index is 1.26. The van der Waals surface area contributed by atoms with E-state index >= 15 is 0 Å². The SMILES string of the molecule is COc1ccc(-c2cc(C)cc3c2OC(CNC(=O)c2ccc(-c4ccco4)cc2)C3)nn1. The number of amides is 1. The topological polar surface area (TPSA) is 86.5 Å². The van der Waals surface area contributed by atoms with E-state index in [2.05, 4.69) is 21.6 Å². The number of fused-ring (bicyclic) bond motifs is 1. The lowest BCUT2D eigenvalue weighted by atomic mass is 10.0. The predicted molar refractivity (Wildman–Crippen MR) is 123 cm³/mol. The van der Waals surface area contributed by atoms with Gasteiger partial charge in [0.2, 0.25) is 5.88 Å². The van der Waals surface area contributed by atoms with E-state index in [9.17, 15) is 4.79 Å². The Morgan fingerprint density at radius 3 is 2.67 bits per heavy atom. The minimum absolute atomic E-state index is 0.141. The summed E-state index contributed by atoms with van der Waals surface area (Å²) >= 11 is 0. The first-order valence-electron chi connectivity index (χ1n) is 10.7. The molecule has 1 aliphatic heterocycles. The lowest BCUT2D eigenvalue weighted by Gasteiger charge is -2.14. The number of rotatable bonds is 6. The lowest BCUT2D eigenvalue weighted by Crippen LogP contribution is -2.34. The van der Waals surface area contributed by atoms with Gasteiger partial charge in [0.1, 0.15) is 17.6 Å². The Labute approximate surface area is 191 Å². The molecule has 0 bridgehead atoms. The number of hydrogen-bond acceptors (Lipinski definition) is 6. The van der Waals surface area contributed by atoms with Crippen LogP contribution in [0, 0.1) is 6.92 Å². The molecule has 2 aromatic heterocycles. The molecule has 0 saturated heterocycles. The molecule has 0 saturated carbocycles. The average Bonchev–Trinajstić information content (AvgIpc) is 3.52. The van der Waals surface area contributed by atoms with E-state index in [-0.39, 0.29) is 12.0 Å². The number of furan rings is 1. The maximum atomic E-state index is 12.7. The van der Waals surface area contributed by atoms with Crippen molar-refractivity contribution in [1.29, 1.82) is 0 Å². The summed E-state index contributed by atoms with van der Waals surface area (Å²) in [5, 5.41) is 11.3. The summed E-state index contributed by atoms with van der Waals surface area (Å²) in [5.74, 6) is 1.88. The Kier molecular flexibility index (Phi) is 5.52. The van der Waals surface area contributed by atoms with E-state index in [4.69, 9.17) is 13.9 Å². The van der Waals surface area contributed by atoms with Gasteiger partial charge in [-0.15, -0.1) is 10.2 Å². The molecule has 0 radical (unpaired) electrons. The number of aromatic nitrogens is 2. The molecule has 1 amide bonds. The van der Waals surface area contributed by atoms with Crippen LogP contribution in [-0.4, -0.2) is 35.9 Å². The zero-order valence-corrected chi connectivity index (χ0v) is 18.4. The maximum absolute atomic E-state index is 12.7. The molecule has 0 fully saturated rings. The Morgan fingerprint density at radius 1 is 1.12 bits per heavy atom. The molecule has 1 atom stereocenters. The van der Waals surface area contributed by atoms with Gasteiger partial charge in [0.25, 0.3) is 5.91 Å². The Morgan fingerprint density at radius 2 is 1.97 bits per heavy atom. The van der Waals surface area contributed by atoms with Crippen molar-refractivity contribution < 1.29 is 18.7 Å². The third-order valence-electron chi connectivity index (χ3n) is 5.61. The highest BCUT2D eigenvalue weighted by molar-refractivity contribution is 5.94. The van der Waals surface area contributed by atoms with Gasteiger partial charge in [-0.25, -0.2) is 0 Å². The lowest BCUT2D eigenvalue weighted by molar-refractivity contribution is 0.0933. The van der Waals surface area contributed by atoms with Crippen molar-refractivity contribution in [1.82, 2.24) is 15.5 Å². The summed E-state index contributed by atoms with van der Waals surface area (Å²) in [5.41, 5.74) is 5.34. The molecule has 7 nitrogen and oxygen atoms in total. The highest BCUT2D eigenvalue weighted by Crippen LogP contribution is 2.39. The molecular formula is C26H23N3O4. The zero-order chi connectivity index (χ0) is 22.8. The second kappa shape index (κ2) is 8.78. The first-order chi connectivity index (χ1) is 16.1. The van der Waals surface area contributed by atoms with Gasteiger partial charge in [0.15, 0.2) is 0 Å². The van der Waals surface area contributed by atoms with Gasteiger partial charge >= 0.3 is 0 Å². The number of nitrogens with zero attached hydrogens (tertiary/aromatic N) is 2. The second-order valence-corrected chi connectivity index (χ2v) is 7.97. The number of hydrogen-bond donors (Lipinski definition) is 1. The Hall–Kier alpha value is -4.13. The summed E-state index contributed by atoms with van der Waals surface area (Å²) in [6, 6.07) is 18.9. The predicted octanol–water partition coefficient (Wildman–Crippen LogP) is 4.45. The fourth-order valence-electron chi connectivity index (χ4n) is 4.01. The number of methoxy groups -OCH3 is 1. The maximum Gasteiger partial charge on any atom is 0.251 e. The van der Waals surface area contributed by atoms with E-state index in [0.29, 0.717) is 24.4 Å². The van der Waals surface area contributed by atoms with Crippen molar-refractivity contribution in [2.75, 3.05) is 13.7 Å². The molecule has 1 unspecified atom stereocenters. The van der Waals surface area contributed by atoms with Crippen LogP contribution < -0.4 is 14.8 Å². The first kappa shape index (κ1) is 20.8. The molecule has 4 aromatic rings. The monoisotopic (exact) mass is 441 g/mol. The molecule has 3 heterocycles. The third kappa shape index (κ3) is 4.30. The Bertz CT molecular complexity index is 1270. The molecule has 0 spiro atoms. The molecule has 5 rings (SSSR count). The van der Waals surface area contributed by atoms with Crippen molar-refractivity contribution in [2.45, 2.75) is 19.4 Å². The summed E-state index contributed by atoms with van der Waals surface area (Å²) in [6.45, 7) is 2.45. The fraction of sp³-hybridized carbons (Fsp3) is 0.192. The smallest absolute Gasteiger partial charge is 0.251 e. The van der Waals surface area contributed by atoms with E-state index in [1.54, 1.807) is 31.6 Å². The van der Waals surface area contributed by atoms with Gasteiger partial charge < -0.3 is 19.2 Å². The van der Waals surface area contributed by atoms with Gasteiger partial charge in [-0.1, -0.05) is 18.2 Å². The summed E-state index contributed by atoms with van der Waals surface area (Å²) in [7, 11) is 1.56. The van der Waals surface area contributed by atoms with Crippen LogP contribution in [0.4, 0.5) is 0 Å². The van der Waals surface area contributed by atoms with Crippen LogP contribution in [-0.2, 0) is 6.42 Å². The quantitative estimate of drug-likeness (QED) is 0.476. The molecule has 2 aromatic carbocycles. The van der Waals surface area contributed by atoms with Gasteiger partial charge in [0, 0.05) is 29.2 Å². The first-order valence-corrected chi connectivity index (χ1v) is 10.7. The van der Waals surface area contributed by atoms with Gasteiger partial charge in [-0.3, -0.25) is 4.79 Å². The van der Waals surface area contributed by atoms with E-state index < -0.39 is 0 Å². The van der Waals surface area contributed by atoms with Crippen LogP contribution in [0.2, 0.25) is 0 Å². The molecule has 1 N–H and O–H groups in total. The van der Waals surface area contributed by atoms with Crippen LogP contribution in [0.3, 0.4) is 0 Å². The summed E-state index contributed by atoms with van der Waals surface area (Å²) < 4.78 is 16.7. The standard InChI is InChI=1S/C26H23N3O4/c1-16-12-19-14-20(33-25(19)21(13-16)22-9-10-24(31-2)29-28-22)15-27-26(30)18-7-5-17(6-8-18)23-4-3-11-32-23/h3-13,20H,14-15H2,1-2H3,(H,27,30). The number of nitrogens with one attached hydrogen (secondary N) is 1. The van der Waals surface area contributed by atoms with Crippen LogP contribution in [0.5, 0.6) is 11.6 Å². The van der Waals surface area contributed by atoms with Crippen LogP contribution in [0.1, 0.15) is 21.5 Å². The van der Waals surface area contributed by atoms with Crippen molar-refractivity contribution in [3.63, 3.8) is 0 Å². The molecule has 1 aliphatic rings. The van der Waals surface area contributed by atoms with Gasteiger partial charge in [-0.2, -0.15) is 0 Å². The van der Waals surface area contributed by atoms with Crippen molar-refractivity contribution >= 4 is 5.91 Å². The van der Waals surface area contributed by atoms with Crippen LogP contribution in [0.15, 0.2) is 71.3 Å². The molecule has 166 valence electrons. The average molecular weight is 441 g/mol. The largest absolute Gasteiger partial charge is 0.487 e. The second-order valence-electron chi connectivity index (χ2n) is 7.97. The zero-order valence-electron chi connectivity index (χ0n) is 18.4. The molecular weight excluding hydrogens is 418 g/mol. The summed E-state index contributed by atoms with van der Waals surface area (Å²) in [6.07, 6.45) is 2.19. The molecule has 33 heavy (non-hydrogen) atoms. The number of carbonyl (C=O) groups excluding carboxylic acids is 1. The number of ether oxygens (including phenoxy) is 2. The minimum Gasteiger partial charge on any atom is -0.487 e. The fourth-order valence-corrected chi connectivity index (χ4v) is 4.01. The van der Waals surface area contributed by atoms with E-state index in [1.165, 1.54) is 0 Å². The number of benzene rings is 2. The normalized spacial score (nSPS) is 14.4. The number of aryl methyl sites for hydroxylation is 1. The van der Waals surface area contributed by atoms with Crippen LogP contribution in [0.25, 0.3) is 22.6 Å². The van der Waals surface area contributed by atoms with Gasteiger partial charge in [0.05, 0.1) is 25.6 Å². The van der Waals surface area contributed by atoms with Crippen LogP contribution >= 0.6 is 0 Å². The van der Waals surface area contributed by atoms with Crippen molar-refractivity contribution in [3.8, 4) is 34.2 Å². The highest BCUT2D eigenvalue weighted by Gasteiger charge is 2.27. The van der Waals surface area contributed by atoms with Gasteiger partial charge in [-0.05, 0) is 54.4 Å². The third-order valence-corrected chi connectivity index (χ3v) is 5.61. The molecule has 7 heteroatoms.